The van der Waals surface area contributed by atoms with Crippen molar-refractivity contribution in [3.8, 4) is 5.88 Å². The third kappa shape index (κ3) is 3.42. The second-order valence-corrected chi connectivity index (χ2v) is 5.31. The summed E-state index contributed by atoms with van der Waals surface area (Å²) in [5.74, 6) is 1.42. The summed E-state index contributed by atoms with van der Waals surface area (Å²) >= 11 is 0. The monoisotopic (exact) mass is 249 g/mol. The van der Waals surface area contributed by atoms with Gasteiger partial charge in [0.05, 0.1) is 5.54 Å². The Morgan fingerprint density at radius 2 is 2.00 bits per heavy atom. The van der Waals surface area contributed by atoms with E-state index < -0.39 is 0 Å². The molecule has 0 spiro atoms. The first kappa shape index (κ1) is 13.3. The molecule has 18 heavy (non-hydrogen) atoms. The number of ether oxygens (including phenoxy) is 1. The minimum absolute atomic E-state index is 0.163. The Labute approximate surface area is 109 Å². The van der Waals surface area contributed by atoms with Crippen LogP contribution in [0.2, 0.25) is 0 Å². The van der Waals surface area contributed by atoms with Crippen molar-refractivity contribution in [3.05, 3.63) is 17.6 Å². The average molecular weight is 249 g/mol. The second kappa shape index (κ2) is 5.65. The molecule has 0 aliphatic heterocycles. The van der Waals surface area contributed by atoms with E-state index in [1.165, 1.54) is 19.3 Å². The summed E-state index contributed by atoms with van der Waals surface area (Å²) in [5.41, 5.74) is 7.20. The molecule has 4 heteroatoms. The van der Waals surface area contributed by atoms with Crippen molar-refractivity contribution >= 4 is 0 Å². The van der Waals surface area contributed by atoms with Crippen LogP contribution in [0.15, 0.2) is 6.07 Å². The zero-order chi connectivity index (χ0) is 13.0. The number of aromatic nitrogens is 2. The van der Waals surface area contributed by atoms with E-state index in [1.54, 1.807) is 0 Å². The minimum atomic E-state index is -0.163. The molecule has 100 valence electrons. The fourth-order valence-electron chi connectivity index (χ4n) is 2.47. The Morgan fingerprint density at radius 3 is 2.67 bits per heavy atom. The maximum Gasteiger partial charge on any atom is 0.216 e. The molecule has 0 unspecified atom stereocenters. The fourth-order valence-corrected chi connectivity index (χ4v) is 2.47. The van der Waals surface area contributed by atoms with E-state index in [4.69, 9.17) is 10.5 Å². The molecular weight excluding hydrogens is 226 g/mol. The van der Waals surface area contributed by atoms with E-state index in [0.29, 0.717) is 12.5 Å². The highest BCUT2D eigenvalue weighted by molar-refractivity contribution is 5.16. The predicted molar refractivity (Wildman–Crippen MR) is 71.6 cm³/mol. The molecule has 1 aromatic heterocycles. The summed E-state index contributed by atoms with van der Waals surface area (Å²) in [6, 6.07) is 1.92. The van der Waals surface area contributed by atoms with Crippen LogP contribution >= 0.6 is 0 Å². The van der Waals surface area contributed by atoms with Gasteiger partial charge in [0.2, 0.25) is 5.88 Å². The zero-order valence-electron chi connectivity index (χ0n) is 11.4. The standard InChI is InChI=1S/C14H23N3O/c1-3-12-9-13(17-11(2)16-12)18-10-14(15)7-5-4-6-8-14/h9H,3-8,10,15H2,1-2H3. The first-order chi connectivity index (χ1) is 8.61. The molecule has 1 fully saturated rings. The van der Waals surface area contributed by atoms with Gasteiger partial charge >= 0.3 is 0 Å². The second-order valence-electron chi connectivity index (χ2n) is 5.31. The molecule has 2 rings (SSSR count). The summed E-state index contributed by atoms with van der Waals surface area (Å²) in [6.07, 6.45) is 6.72. The molecule has 2 N–H and O–H groups in total. The Balaban J connectivity index is 1.98. The summed E-state index contributed by atoms with van der Waals surface area (Å²) in [5, 5.41) is 0. The Morgan fingerprint density at radius 1 is 1.28 bits per heavy atom. The fraction of sp³-hybridized carbons (Fsp3) is 0.714. The molecule has 1 aliphatic rings. The topological polar surface area (TPSA) is 61.0 Å². The minimum Gasteiger partial charge on any atom is -0.476 e. The van der Waals surface area contributed by atoms with Crippen molar-refractivity contribution in [1.82, 2.24) is 9.97 Å². The molecule has 0 saturated heterocycles. The van der Waals surface area contributed by atoms with Gasteiger partial charge in [-0.3, -0.25) is 0 Å². The van der Waals surface area contributed by atoms with E-state index in [2.05, 4.69) is 16.9 Å². The van der Waals surface area contributed by atoms with Crippen molar-refractivity contribution < 1.29 is 4.74 Å². The third-order valence-electron chi connectivity index (χ3n) is 3.59. The van der Waals surface area contributed by atoms with Crippen LogP contribution in [0, 0.1) is 6.92 Å². The van der Waals surface area contributed by atoms with Crippen molar-refractivity contribution in [2.75, 3.05) is 6.61 Å². The lowest BCUT2D eigenvalue weighted by molar-refractivity contribution is 0.168. The van der Waals surface area contributed by atoms with Gasteiger partial charge in [0.25, 0.3) is 0 Å². The SMILES string of the molecule is CCc1cc(OCC2(N)CCCCC2)nc(C)n1. The van der Waals surface area contributed by atoms with Crippen molar-refractivity contribution in [2.45, 2.75) is 57.9 Å². The quantitative estimate of drug-likeness (QED) is 0.890. The van der Waals surface area contributed by atoms with Crippen molar-refractivity contribution in [2.24, 2.45) is 5.73 Å². The van der Waals surface area contributed by atoms with Crippen LogP contribution in [0.25, 0.3) is 0 Å². The van der Waals surface area contributed by atoms with Gasteiger partial charge < -0.3 is 10.5 Å². The Bertz CT molecular complexity index is 400. The maximum absolute atomic E-state index is 6.35. The largest absolute Gasteiger partial charge is 0.476 e. The third-order valence-corrected chi connectivity index (χ3v) is 3.59. The summed E-state index contributed by atoms with van der Waals surface area (Å²) < 4.78 is 5.80. The van der Waals surface area contributed by atoms with Crippen LogP contribution in [0.3, 0.4) is 0 Å². The zero-order valence-corrected chi connectivity index (χ0v) is 11.4. The van der Waals surface area contributed by atoms with E-state index in [0.717, 1.165) is 30.8 Å². The molecule has 0 atom stereocenters. The molecule has 1 aromatic rings. The van der Waals surface area contributed by atoms with Gasteiger partial charge in [0.15, 0.2) is 0 Å². The van der Waals surface area contributed by atoms with Crippen molar-refractivity contribution in [3.63, 3.8) is 0 Å². The average Bonchev–Trinajstić information content (AvgIpc) is 2.37. The van der Waals surface area contributed by atoms with Crippen molar-refractivity contribution in [1.29, 1.82) is 0 Å². The summed E-state index contributed by atoms with van der Waals surface area (Å²) in [4.78, 5) is 8.65. The van der Waals surface area contributed by atoms with Crippen LogP contribution in [-0.4, -0.2) is 22.1 Å². The number of hydrogen-bond donors (Lipinski definition) is 1. The molecular formula is C14H23N3O. The van der Waals surface area contributed by atoms with E-state index in [9.17, 15) is 0 Å². The first-order valence-electron chi connectivity index (χ1n) is 6.87. The molecule has 0 aromatic carbocycles. The highest BCUT2D eigenvalue weighted by atomic mass is 16.5. The summed E-state index contributed by atoms with van der Waals surface area (Å²) in [6.45, 7) is 4.54. The molecule has 1 saturated carbocycles. The van der Waals surface area contributed by atoms with Gasteiger partial charge in [0.1, 0.15) is 12.4 Å². The van der Waals surface area contributed by atoms with Gasteiger partial charge in [-0.25, -0.2) is 4.98 Å². The van der Waals surface area contributed by atoms with Crippen LogP contribution in [0.1, 0.15) is 50.5 Å². The van der Waals surface area contributed by atoms with Gasteiger partial charge in [-0.05, 0) is 26.2 Å². The summed E-state index contributed by atoms with van der Waals surface area (Å²) in [7, 11) is 0. The van der Waals surface area contributed by atoms with Gasteiger partial charge in [-0.1, -0.05) is 26.2 Å². The van der Waals surface area contributed by atoms with E-state index in [-0.39, 0.29) is 5.54 Å². The van der Waals surface area contributed by atoms with Crippen LogP contribution in [-0.2, 0) is 6.42 Å². The lowest BCUT2D eigenvalue weighted by Crippen LogP contribution is -2.47. The van der Waals surface area contributed by atoms with E-state index >= 15 is 0 Å². The highest BCUT2D eigenvalue weighted by Gasteiger charge is 2.28. The number of aryl methyl sites for hydroxylation is 2. The number of hydrogen-bond acceptors (Lipinski definition) is 4. The normalized spacial score (nSPS) is 18.6. The lowest BCUT2D eigenvalue weighted by atomic mass is 9.83. The van der Waals surface area contributed by atoms with Crippen LogP contribution < -0.4 is 10.5 Å². The maximum atomic E-state index is 6.35. The molecule has 1 aliphatic carbocycles. The van der Waals surface area contributed by atoms with Crippen LogP contribution in [0.5, 0.6) is 5.88 Å². The molecule has 0 radical (unpaired) electrons. The molecule has 0 amide bonds. The van der Waals surface area contributed by atoms with Gasteiger partial charge in [-0.2, -0.15) is 4.98 Å². The lowest BCUT2D eigenvalue weighted by Gasteiger charge is -2.32. The van der Waals surface area contributed by atoms with Crippen LogP contribution in [0.4, 0.5) is 0 Å². The smallest absolute Gasteiger partial charge is 0.216 e. The van der Waals surface area contributed by atoms with Gasteiger partial charge in [-0.15, -0.1) is 0 Å². The molecule has 4 nitrogen and oxygen atoms in total. The highest BCUT2D eigenvalue weighted by Crippen LogP contribution is 2.26. The predicted octanol–water partition coefficient (Wildman–Crippen LogP) is 2.39. The Kier molecular flexibility index (Phi) is 4.17. The molecule has 1 heterocycles. The number of nitrogens with zero attached hydrogens (tertiary/aromatic N) is 2. The van der Waals surface area contributed by atoms with Gasteiger partial charge in [0, 0.05) is 11.8 Å². The van der Waals surface area contributed by atoms with E-state index in [1.807, 2.05) is 13.0 Å². The molecule has 0 bridgehead atoms. The number of rotatable bonds is 4. The Hall–Kier alpha value is -1.16. The first-order valence-corrected chi connectivity index (χ1v) is 6.87. The number of nitrogens with two attached hydrogens (primary N) is 1.